The van der Waals surface area contributed by atoms with Gasteiger partial charge in [0.2, 0.25) is 0 Å². The topological polar surface area (TPSA) is 31.4 Å². The molecular formula is C14H14NO2. The van der Waals surface area contributed by atoms with Crippen LogP contribution < -0.4 is 9.47 Å². The normalized spacial score (nSPS) is 10.1. The van der Waals surface area contributed by atoms with E-state index in [1.54, 1.807) is 20.4 Å². The van der Waals surface area contributed by atoms with Crippen LogP contribution in [0.2, 0.25) is 0 Å². The molecule has 2 aromatic rings. The molecule has 0 unspecified atom stereocenters. The van der Waals surface area contributed by atoms with Crippen molar-refractivity contribution in [3.8, 4) is 22.6 Å². The van der Waals surface area contributed by atoms with Gasteiger partial charge in [0.15, 0.2) is 11.5 Å². The maximum Gasteiger partial charge on any atom is 0.168 e. The molecule has 1 aromatic carbocycles. The number of methoxy groups -OCH3 is 2. The number of pyridine rings is 1. The predicted molar refractivity (Wildman–Crippen MR) is 66.4 cm³/mol. The van der Waals surface area contributed by atoms with Crippen LogP contribution in [0.25, 0.3) is 11.1 Å². The first kappa shape index (κ1) is 11.5. The Bertz CT molecular complexity index is 509. The summed E-state index contributed by atoms with van der Waals surface area (Å²) >= 11 is 0. The molecule has 0 spiro atoms. The number of benzene rings is 1. The number of hydrogen-bond acceptors (Lipinski definition) is 3. The van der Waals surface area contributed by atoms with Crippen molar-refractivity contribution in [2.45, 2.75) is 6.92 Å². The molecule has 0 amide bonds. The number of aryl methyl sites for hydroxylation is 1. The van der Waals surface area contributed by atoms with Crippen molar-refractivity contribution in [1.29, 1.82) is 0 Å². The van der Waals surface area contributed by atoms with E-state index < -0.39 is 0 Å². The summed E-state index contributed by atoms with van der Waals surface area (Å²) in [7, 11) is 3.28. The van der Waals surface area contributed by atoms with Gasteiger partial charge in [0.1, 0.15) is 0 Å². The van der Waals surface area contributed by atoms with Gasteiger partial charge in [-0.05, 0) is 36.2 Å². The largest absolute Gasteiger partial charge is 0.493 e. The van der Waals surface area contributed by atoms with E-state index in [-0.39, 0.29) is 0 Å². The smallest absolute Gasteiger partial charge is 0.168 e. The lowest BCUT2D eigenvalue weighted by atomic mass is 10.00. The Labute approximate surface area is 101 Å². The van der Waals surface area contributed by atoms with Crippen LogP contribution in [0.4, 0.5) is 0 Å². The molecule has 0 bridgehead atoms. The van der Waals surface area contributed by atoms with Gasteiger partial charge in [-0.2, -0.15) is 0 Å². The van der Waals surface area contributed by atoms with E-state index in [0.29, 0.717) is 0 Å². The lowest BCUT2D eigenvalue weighted by Gasteiger charge is -2.15. The van der Waals surface area contributed by atoms with E-state index in [1.807, 2.05) is 31.2 Å². The van der Waals surface area contributed by atoms with Crippen molar-refractivity contribution in [3.05, 3.63) is 42.2 Å². The van der Waals surface area contributed by atoms with Crippen LogP contribution >= 0.6 is 0 Å². The number of ether oxygens (including phenoxy) is 2. The quantitative estimate of drug-likeness (QED) is 0.809. The first-order valence-electron chi connectivity index (χ1n) is 5.32. The minimum Gasteiger partial charge on any atom is -0.493 e. The van der Waals surface area contributed by atoms with Crippen molar-refractivity contribution in [3.63, 3.8) is 0 Å². The zero-order valence-corrected chi connectivity index (χ0v) is 10.2. The maximum absolute atomic E-state index is 5.44. The zero-order chi connectivity index (χ0) is 12.3. The van der Waals surface area contributed by atoms with Gasteiger partial charge < -0.3 is 9.47 Å². The van der Waals surface area contributed by atoms with Gasteiger partial charge in [0.05, 0.1) is 20.4 Å². The summed E-state index contributed by atoms with van der Waals surface area (Å²) in [5.41, 5.74) is 3.17. The predicted octanol–water partition coefficient (Wildman–Crippen LogP) is 2.87. The van der Waals surface area contributed by atoms with E-state index in [9.17, 15) is 0 Å². The van der Waals surface area contributed by atoms with E-state index in [0.717, 1.165) is 28.2 Å². The third kappa shape index (κ3) is 2.09. The second kappa shape index (κ2) is 4.87. The summed E-state index contributed by atoms with van der Waals surface area (Å²) < 4.78 is 10.7. The average molecular weight is 228 g/mol. The van der Waals surface area contributed by atoms with Crippen molar-refractivity contribution >= 4 is 0 Å². The highest BCUT2D eigenvalue weighted by Gasteiger charge is 2.14. The minimum atomic E-state index is 0.727. The molecular weight excluding hydrogens is 214 g/mol. The summed E-state index contributed by atoms with van der Waals surface area (Å²) in [6, 6.07) is 7.69. The number of hydrogen-bond donors (Lipinski definition) is 0. The Morgan fingerprint density at radius 1 is 1.12 bits per heavy atom. The molecule has 0 N–H and O–H groups in total. The van der Waals surface area contributed by atoms with Crippen molar-refractivity contribution in [1.82, 2.24) is 4.98 Å². The summed E-state index contributed by atoms with van der Waals surface area (Å²) in [5, 5.41) is 0. The van der Waals surface area contributed by atoms with Gasteiger partial charge in [-0.25, -0.2) is 0 Å². The highest BCUT2D eigenvalue weighted by atomic mass is 16.5. The molecule has 0 aliphatic rings. The lowest BCUT2D eigenvalue weighted by Crippen LogP contribution is -1.95. The van der Waals surface area contributed by atoms with Crippen LogP contribution in [0.5, 0.6) is 11.5 Å². The van der Waals surface area contributed by atoms with Gasteiger partial charge in [-0.15, -0.1) is 0 Å². The van der Waals surface area contributed by atoms with Crippen molar-refractivity contribution in [2.24, 2.45) is 0 Å². The Kier molecular flexibility index (Phi) is 3.28. The fourth-order valence-corrected chi connectivity index (χ4v) is 1.86. The van der Waals surface area contributed by atoms with E-state index in [4.69, 9.17) is 9.47 Å². The summed E-state index contributed by atoms with van der Waals surface area (Å²) in [5.74, 6) is 1.47. The van der Waals surface area contributed by atoms with Gasteiger partial charge in [0, 0.05) is 11.8 Å². The molecule has 2 rings (SSSR count). The van der Waals surface area contributed by atoms with E-state index in [1.165, 1.54) is 0 Å². The molecule has 3 heteroatoms. The number of rotatable bonds is 3. The molecule has 1 heterocycles. The zero-order valence-electron chi connectivity index (χ0n) is 10.2. The Morgan fingerprint density at radius 3 is 2.53 bits per heavy atom. The van der Waals surface area contributed by atoms with Crippen LogP contribution in [0.15, 0.2) is 30.5 Å². The Hall–Kier alpha value is -2.03. The van der Waals surface area contributed by atoms with Crippen LogP contribution in [0, 0.1) is 13.1 Å². The number of nitrogens with zero attached hydrogens (tertiary/aromatic N) is 1. The molecule has 0 saturated heterocycles. The van der Waals surface area contributed by atoms with Crippen LogP contribution in [0.1, 0.15) is 5.56 Å². The van der Waals surface area contributed by atoms with Crippen LogP contribution in [-0.4, -0.2) is 19.2 Å². The molecule has 1 aromatic heterocycles. The second-order valence-electron chi connectivity index (χ2n) is 3.67. The van der Waals surface area contributed by atoms with E-state index >= 15 is 0 Å². The fourth-order valence-electron chi connectivity index (χ4n) is 1.86. The fraction of sp³-hybridized carbons (Fsp3) is 0.214. The standard InChI is InChI=1S/C14H14NO2/c1-10-4-5-12(16-2)14(17-3)13(10)11-6-8-15-9-7-11/h4-8H,1-3H3. The van der Waals surface area contributed by atoms with Crippen molar-refractivity contribution < 1.29 is 9.47 Å². The Morgan fingerprint density at radius 2 is 1.94 bits per heavy atom. The lowest BCUT2D eigenvalue weighted by molar-refractivity contribution is 0.356. The molecule has 0 atom stereocenters. The summed E-state index contributed by atoms with van der Waals surface area (Å²) in [4.78, 5) is 3.90. The average Bonchev–Trinajstić information content (AvgIpc) is 2.39. The van der Waals surface area contributed by atoms with Crippen LogP contribution in [-0.2, 0) is 0 Å². The molecule has 0 aliphatic carbocycles. The van der Waals surface area contributed by atoms with Gasteiger partial charge in [-0.3, -0.25) is 4.98 Å². The SMILES string of the molecule is COc1ccc(C)c(-c2c[c]ncc2)c1OC. The molecule has 3 nitrogen and oxygen atoms in total. The van der Waals surface area contributed by atoms with Gasteiger partial charge in [0.25, 0.3) is 0 Å². The molecule has 87 valence electrons. The third-order valence-corrected chi connectivity index (χ3v) is 2.67. The molecule has 0 saturated carbocycles. The molecule has 0 fully saturated rings. The van der Waals surface area contributed by atoms with Gasteiger partial charge >= 0.3 is 0 Å². The molecule has 17 heavy (non-hydrogen) atoms. The third-order valence-electron chi connectivity index (χ3n) is 2.67. The maximum atomic E-state index is 5.44. The Balaban J connectivity index is 2.67. The van der Waals surface area contributed by atoms with Gasteiger partial charge in [-0.1, -0.05) is 6.07 Å². The first-order chi connectivity index (χ1) is 8.27. The summed E-state index contributed by atoms with van der Waals surface area (Å²) in [6.45, 7) is 2.04. The first-order valence-corrected chi connectivity index (χ1v) is 5.32. The molecule has 0 aliphatic heterocycles. The summed E-state index contributed by atoms with van der Waals surface area (Å²) in [6.07, 6.45) is 4.55. The minimum absolute atomic E-state index is 0.727. The van der Waals surface area contributed by atoms with E-state index in [2.05, 4.69) is 11.2 Å². The monoisotopic (exact) mass is 228 g/mol. The highest BCUT2D eigenvalue weighted by molar-refractivity contribution is 5.76. The molecule has 1 radical (unpaired) electrons. The van der Waals surface area contributed by atoms with Crippen molar-refractivity contribution in [2.75, 3.05) is 14.2 Å². The number of aromatic nitrogens is 1. The highest BCUT2D eigenvalue weighted by Crippen LogP contribution is 2.39. The van der Waals surface area contributed by atoms with Crippen LogP contribution in [0.3, 0.4) is 0 Å². The second-order valence-corrected chi connectivity index (χ2v) is 3.67.